The van der Waals surface area contributed by atoms with E-state index in [2.05, 4.69) is 31.5 Å². The van der Waals surface area contributed by atoms with Crippen LogP contribution in [0.2, 0.25) is 0 Å². The van der Waals surface area contributed by atoms with E-state index in [-0.39, 0.29) is 5.38 Å². The van der Waals surface area contributed by atoms with Crippen LogP contribution in [0.4, 0.5) is 0 Å². The predicted octanol–water partition coefficient (Wildman–Crippen LogP) is 3.03. The minimum absolute atomic E-state index is 0.228. The van der Waals surface area contributed by atoms with Crippen molar-refractivity contribution in [3.63, 3.8) is 0 Å². The maximum atomic E-state index is 6.02. The Morgan fingerprint density at radius 2 is 2.19 bits per heavy atom. The van der Waals surface area contributed by atoms with Crippen LogP contribution in [0.25, 0.3) is 5.69 Å². The van der Waals surface area contributed by atoms with Gasteiger partial charge in [-0.1, -0.05) is 22.0 Å². The van der Waals surface area contributed by atoms with Crippen molar-refractivity contribution in [3.05, 3.63) is 34.1 Å². The Morgan fingerprint density at radius 1 is 1.44 bits per heavy atom. The Hall–Kier alpha value is -0.940. The number of aromatic nitrogens is 4. The summed E-state index contributed by atoms with van der Waals surface area (Å²) in [5, 5.41) is 11.3. The van der Waals surface area contributed by atoms with Crippen molar-refractivity contribution in [1.29, 1.82) is 0 Å². The summed E-state index contributed by atoms with van der Waals surface area (Å²) in [5.74, 6) is 0.642. The van der Waals surface area contributed by atoms with E-state index in [9.17, 15) is 0 Å². The third-order valence-electron chi connectivity index (χ3n) is 2.25. The molecule has 0 saturated heterocycles. The lowest BCUT2D eigenvalue weighted by Crippen LogP contribution is -2.05. The third kappa shape index (κ3) is 2.10. The molecule has 6 heteroatoms. The molecule has 0 aliphatic heterocycles. The zero-order valence-corrected chi connectivity index (χ0v) is 11.2. The minimum atomic E-state index is -0.228. The maximum absolute atomic E-state index is 6.02. The summed E-state index contributed by atoms with van der Waals surface area (Å²) in [7, 11) is 0. The van der Waals surface area contributed by atoms with Gasteiger partial charge in [0.25, 0.3) is 0 Å². The van der Waals surface area contributed by atoms with Crippen molar-refractivity contribution in [2.45, 2.75) is 19.2 Å². The highest BCUT2D eigenvalue weighted by Crippen LogP contribution is 2.23. The highest BCUT2D eigenvalue weighted by molar-refractivity contribution is 9.10. The number of halogens is 2. The second-order valence-electron chi connectivity index (χ2n) is 3.50. The zero-order chi connectivity index (χ0) is 11.7. The molecule has 0 aliphatic carbocycles. The highest BCUT2D eigenvalue weighted by atomic mass is 79.9. The number of hydrogen-bond donors (Lipinski definition) is 0. The summed E-state index contributed by atoms with van der Waals surface area (Å²) in [6, 6.07) is 5.95. The van der Waals surface area contributed by atoms with Crippen LogP contribution in [0.1, 0.15) is 23.7 Å². The molecular formula is C10H10BrClN4. The smallest absolute Gasteiger partial charge is 0.174 e. The van der Waals surface area contributed by atoms with Crippen LogP contribution in [0, 0.1) is 6.92 Å². The molecule has 0 aliphatic rings. The molecule has 1 aromatic heterocycles. The topological polar surface area (TPSA) is 43.6 Å². The first-order chi connectivity index (χ1) is 7.59. The fourth-order valence-electron chi connectivity index (χ4n) is 1.42. The Balaban J connectivity index is 2.58. The standard InChI is InChI=1S/C10H10BrClN4/c1-6-3-4-8(11)5-9(6)16-10(7(2)12)13-14-15-16/h3-5,7H,1-2H3. The van der Waals surface area contributed by atoms with Gasteiger partial charge in [-0.3, -0.25) is 0 Å². The number of nitrogens with zero attached hydrogens (tertiary/aromatic N) is 4. The number of rotatable bonds is 2. The van der Waals surface area contributed by atoms with Crippen LogP contribution < -0.4 is 0 Å². The van der Waals surface area contributed by atoms with Crippen molar-refractivity contribution >= 4 is 27.5 Å². The lowest BCUT2D eigenvalue weighted by Gasteiger charge is -2.09. The van der Waals surface area contributed by atoms with Crippen LogP contribution in [-0.2, 0) is 0 Å². The molecule has 84 valence electrons. The molecule has 16 heavy (non-hydrogen) atoms. The van der Waals surface area contributed by atoms with E-state index in [0.717, 1.165) is 15.7 Å². The van der Waals surface area contributed by atoms with Crippen molar-refractivity contribution in [2.75, 3.05) is 0 Å². The lowest BCUT2D eigenvalue weighted by molar-refractivity contribution is 0.756. The summed E-state index contributed by atoms with van der Waals surface area (Å²) in [6.45, 7) is 3.85. The van der Waals surface area contributed by atoms with Crippen molar-refractivity contribution in [2.24, 2.45) is 0 Å². The van der Waals surface area contributed by atoms with Crippen LogP contribution in [0.3, 0.4) is 0 Å². The normalized spacial score (nSPS) is 12.8. The highest BCUT2D eigenvalue weighted by Gasteiger charge is 2.14. The molecule has 0 N–H and O–H groups in total. The Bertz CT molecular complexity index is 509. The van der Waals surface area contributed by atoms with Gasteiger partial charge in [-0.05, 0) is 42.0 Å². The van der Waals surface area contributed by atoms with Gasteiger partial charge in [0.1, 0.15) is 0 Å². The van der Waals surface area contributed by atoms with Gasteiger partial charge >= 0.3 is 0 Å². The average Bonchev–Trinajstić information content (AvgIpc) is 2.70. The molecule has 1 atom stereocenters. The molecule has 0 spiro atoms. The van der Waals surface area contributed by atoms with E-state index in [1.165, 1.54) is 0 Å². The van der Waals surface area contributed by atoms with E-state index >= 15 is 0 Å². The first-order valence-electron chi connectivity index (χ1n) is 4.78. The predicted molar refractivity (Wildman–Crippen MR) is 65.9 cm³/mol. The zero-order valence-electron chi connectivity index (χ0n) is 8.85. The SMILES string of the molecule is Cc1ccc(Br)cc1-n1nnnc1C(C)Cl. The fraction of sp³-hybridized carbons (Fsp3) is 0.300. The summed E-state index contributed by atoms with van der Waals surface area (Å²) < 4.78 is 2.65. The van der Waals surface area contributed by atoms with Crippen molar-refractivity contribution in [3.8, 4) is 5.69 Å². The molecule has 4 nitrogen and oxygen atoms in total. The molecule has 2 rings (SSSR count). The molecule has 1 aromatic carbocycles. The molecule has 0 bridgehead atoms. The number of aryl methyl sites for hydroxylation is 1. The van der Waals surface area contributed by atoms with E-state index in [1.807, 2.05) is 32.0 Å². The first kappa shape index (κ1) is 11.5. The van der Waals surface area contributed by atoms with Gasteiger partial charge in [0.05, 0.1) is 11.1 Å². The molecule has 0 amide bonds. The van der Waals surface area contributed by atoms with Crippen LogP contribution >= 0.6 is 27.5 Å². The molecule has 1 unspecified atom stereocenters. The molecular weight excluding hydrogens is 291 g/mol. The van der Waals surface area contributed by atoms with E-state index in [4.69, 9.17) is 11.6 Å². The molecule has 0 fully saturated rings. The van der Waals surface area contributed by atoms with Gasteiger partial charge in [-0.15, -0.1) is 16.7 Å². The van der Waals surface area contributed by atoms with Crippen molar-refractivity contribution in [1.82, 2.24) is 20.2 Å². The summed E-state index contributed by atoms with van der Waals surface area (Å²) in [5.41, 5.74) is 2.02. The van der Waals surface area contributed by atoms with Gasteiger partial charge < -0.3 is 0 Å². The number of tetrazole rings is 1. The molecule has 2 aromatic rings. The largest absolute Gasteiger partial charge is 0.196 e. The average molecular weight is 302 g/mol. The van der Waals surface area contributed by atoms with Gasteiger partial charge in [0.15, 0.2) is 5.82 Å². The summed E-state index contributed by atoms with van der Waals surface area (Å²) >= 11 is 9.45. The van der Waals surface area contributed by atoms with E-state index in [0.29, 0.717) is 5.82 Å². The number of alkyl halides is 1. The lowest BCUT2D eigenvalue weighted by atomic mass is 10.2. The second kappa shape index (κ2) is 4.51. The van der Waals surface area contributed by atoms with Gasteiger partial charge in [-0.25, -0.2) is 0 Å². The second-order valence-corrected chi connectivity index (χ2v) is 5.07. The van der Waals surface area contributed by atoms with Crippen LogP contribution in [0.15, 0.2) is 22.7 Å². The molecule has 1 heterocycles. The Labute approximate surface area is 107 Å². The summed E-state index contributed by atoms with van der Waals surface area (Å²) in [6.07, 6.45) is 0. The van der Waals surface area contributed by atoms with E-state index < -0.39 is 0 Å². The Morgan fingerprint density at radius 3 is 2.88 bits per heavy atom. The van der Waals surface area contributed by atoms with Gasteiger partial charge in [-0.2, -0.15) is 4.68 Å². The number of hydrogen-bond acceptors (Lipinski definition) is 3. The van der Waals surface area contributed by atoms with Crippen LogP contribution in [0.5, 0.6) is 0 Å². The fourth-order valence-corrected chi connectivity index (χ4v) is 1.91. The van der Waals surface area contributed by atoms with Gasteiger partial charge in [0, 0.05) is 4.47 Å². The molecule has 0 saturated carbocycles. The summed E-state index contributed by atoms with van der Waals surface area (Å²) in [4.78, 5) is 0. The third-order valence-corrected chi connectivity index (χ3v) is 2.94. The Kier molecular flexibility index (Phi) is 3.25. The van der Waals surface area contributed by atoms with Gasteiger partial charge in [0.2, 0.25) is 0 Å². The quantitative estimate of drug-likeness (QED) is 0.801. The first-order valence-corrected chi connectivity index (χ1v) is 6.01. The monoisotopic (exact) mass is 300 g/mol. The number of benzene rings is 1. The van der Waals surface area contributed by atoms with E-state index in [1.54, 1.807) is 4.68 Å². The minimum Gasteiger partial charge on any atom is -0.196 e. The van der Waals surface area contributed by atoms with Crippen molar-refractivity contribution < 1.29 is 0 Å². The maximum Gasteiger partial charge on any atom is 0.174 e. The molecule has 0 radical (unpaired) electrons. The van der Waals surface area contributed by atoms with Crippen LogP contribution in [-0.4, -0.2) is 20.2 Å².